The summed E-state index contributed by atoms with van der Waals surface area (Å²) in [5, 5.41) is 16.8. The molecule has 1 aliphatic heterocycles. The summed E-state index contributed by atoms with van der Waals surface area (Å²) in [6.07, 6.45) is 0. The highest BCUT2D eigenvalue weighted by atomic mass is 32.2. The molecule has 0 saturated carbocycles. The van der Waals surface area contributed by atoms with Crippen LogP contribution in [0.25, 0.3) is 0 Å². The van der Waals surface area contributed by atoms with E-state index in [4.69, 9.17) is 0 Å². The van der Waals surface area contributed by atoms with Gasteiger partial charge >= 0.3 is 0 Å². The Bertz CT molecular complexity index is 1410. The van der Waals surface area contributed by atoms with E-state index in [-0.39, 0.29) is 35.2 Å². The van der Waals surface area contributed by atoms with E-state index in [1.54, 1.807) is 18.2 Å². The summed E-state index contributed by atoms with van der Waals surface area (Å²) >= 11 is 1.21. The summed E-state index contributed by atoms with van der Waals surface area (Å²) in [5.41, 5.74) is 1.14. The zero-order valence-electron chi connectivity index (χ0n) is 18.8. The Morgan fingerprint density at radius 1 is 0.865 bits per heavy atom. The van der Waals surface area contributed by atoms with Gasteiger partial charge in [-0.15, -0.1) is 11.8 Å². The van der Waals surface area contributed by atoms with Gasteiger partial charge in [0.1, 0.15) is 17.0 Å². The number of carbonyl (C=O) groups is 1. The number of nitro groups is 1. The molecule has 1 atom stereocenters. The van der Waals surface area contributed by atoms with Crippen LogP contribution in [0.2, 0.25) is 0 Å². The second kappa shape index (κ2) is 10.1. The quantitative estimate of drug-likeness (QED) is 0.245. The van der Waals surface area contributed by atoms with Gasteiger partial charge in [-0.2, -0.15) is 15.0 Å². The van der Waals surface area contributed by atoms with Crippen molar-refractivity contribution in [3.63, 3.8) is 0 Å². The molecule has 1 aliphatic rings. The molecule has 2 heterocycles. The molecule has 0 spiro atoms. The number of thioether (sulfide) groups is 1. The van der Waals surface area contributed by atoms with Gasteiger partial charge in [-0.3, -0.25) is 19.8 Å². The van der Waals surface area contributed by atoms with Crippen LogP contribution >= 0.6 is 11.8 Å². The van der Waals surface area contributed by atoms with E-state index < -0.39 is 21.9 Å². The van der Waals surface area contributed by atoms with Crippen LogP contribution in [-0.4, -0.2) is 31.5 Å². The van der Waals surface area contributed by atoms with Crippen molar-refractivity contribution >= 4 is 52.6 Å². The number of aromatic nitrogens is 3. The fourth-order valence-corrected chi connectivity index (χ4v) is 4.82. The predicted octanol–water partition coefficient (Wildman–Crippen LogP) is 5.32. The molecule has 0 aliphatic carbocycles. The van der Waals surface area contributed by atoms with Gasteiger partial charge in [0.05, 0.1) is 16.2 Å². The number of rotatable bonds is 7. The van der Waals surface area contributed by atoms with E-state index in [1.807, 2.05) is 0 Å². The number of nitrogens with zero attached hydrogens (tertiary/aromatic N) is 5. The lowest BCUT2D eigenvalue weighted by molar-refractivity contribution is -0.385. The minimum absolute atomic E-state index is 0.0345. The Kier molecular flexibility index (Phi) is 6.60. The normalized spacial score (nSPS) is 15.0. The van der Waals surface area contributed by atoms with Crippen LogP contribution in [0.1, 0.15) is 10.9 Å². The molecule has 5 rings (SSSR count). The van der Waals surface area contributed by atoms with Crippen molar-refractivity contribution in [1.29, 1.82) is 0 Å². The Morgan fingerprint density at radius 3 is 1.95 bits per heavy atom. The third kappa shape index (κ3) is 5.30. The van der Waals surface area contributed by atoms with Gasteiger partial charge in [-0.05, 0) is 54.6 Å². The van der Waals surface area contributed by atoms with E-state index in [0.717, 1.165) is 0 Å². The van der Waals surface area contributed by atoms with Gasteiger partial charge < -0.3 is 10.6 Å². The molecule has 13 heteroatoms. The molecule has 186 valence electrons. The molecule has 1 amide bonds. The number of anilines is 5. The maximum absolute atomic E-state index is 13.4. The Morgan fingerprint density at radius 2 is 1.41 bits per heavy atom. The van der Waals surface area contributed by atoms with Gasteiger partial charge in [-0.1, -0.05) is 12.1 Å². The maximum Gasteiger partial charge on any atom is 0.275 e. The molecule has 37 heavy (non-hydrogen) atoms. The van der Waals surface area contributed by atoms with E-state index in [9.17, 15) is 23.7 Å². The molecule has 1 unspecified atom stereocenters. The van der Waals surface area contributed by atoms with Crippen molar-refractivity contribution < 1.29 is 18.5 Å². The molecule has 10 nitrogen and oxygen atoms in total. The van der Waals surface area contributed by atoms with Crippen molar-refractivity contribution in [2.24, 2.45) is 0 Å². The third-order valence-corrected chi connectivity index (χ3v) is 6.50. The summed E-state index contributed by atoms with van der Waals surface area (Å²) in [5.74, 6) is -1.12. The van der Waals surface area contributed by atoms with Crippen LogP contribution in [0.5, 0.6) is 0 Å². The molecule has 1 fully saturated rings. The monoisotopic (exact) mass is 521 g/mol. The summed E-state index contributed by atoms with van der Waals surface area (Å²) < 4.78 is 26.7. The number of benzene rings is 3. The fourth-order valence-electron chi connectivity index (χ4n) is 3.64. The highest BCUT2D eigenvalue weighted by Gasteiger charge is 2.39. The van der Waals surface area contributed by atoms with Gasteiger partial charge in [-0.25, -0.2) is 8.78 Å². The molecular weight excluding hydrogens is 504 g/mol. The fraction of sp³-hybridized carbons (Fsp3) is 0.0833. The number of carbonyl (C=O) groups excluding carboxylic acids is 1. The van der Waals surface area contributed by atoms with E-state index in [2.05, 4.69) is 25.6 Å². The average Bonchev–Trinajstić information content (AvgIpc) is 3.28. The van der Waals surface area contributed by atoms with Gasteiger partial charge in [0, 0.05) is 17.4 Å². The Balaban J connectivity index is 1.56. The lowest BCUT2D eigenvalue weighted by Gasteiger charge is -2.23. The highest BCUT2D eigenvalue weighted by Crippen LogP contribution is 2.44. The number of hydrogen-bond acceptors (Lipinski definition) is 9. The number of nitrogens with one attached hydrogen (secondary N) is 2. The van der Waals surface area contributed by atoms with Crippen LogP contribution in [0.15, 0.2) is 72.8 Å². The molecule has 1 aromatic heterocycles. The summed E-state index contributed by atoms with van der Waals surface area (Å²) in [6.45, 7) is 0. The first kappa shape index (κ1) is 24.1. The number of amides is 1. The van der Waals surface area contributed by atoms with Crippen LogP contribution in [0, 0.1) is 21.7 Å². The summed E-state index contributed by atoms with van der Waals surface area (Å²) in [7, 11) is 0. The van der Waals surface area contributed by atoms with Crippen molar-refractivity contribution in [2.75, 3.05) is 21.3 Å². The number of halogens is 2. The average molecular weight is 522 g/mol. The minimum atomic E-state index is -0.756. The Hall–Kier alpha value is -4.65. The number of nitro benzene ring substituents is 1. The molecule has 4 aromatic rings. The van der Waals surface area contributed by atoms with Crippen LogP contribution in [0.3, 0.4) is 0 Å². The molecule has 3 aromatic carbocycles. The number of para-hydroxylation sites is 1. The van der Waals surface area contributed by atoms with Gasteiger partial charge in [0.2, 0.25) is 23.8 Å². The van der Waals surface area contributed by atoms with Crippen LogP contribution < -0.4 is 15.5 Å². The SMILES string of the molecule is O=C1CSC(c2ccccc2[N+](=O)[O-])N1c1nc(Nc2ccc(F)cc2)nc(Nc2ccc(F)cc2)n1. The second-order valence-corrected chi connectivity index (χ2v) is 8.86. The van der Waals surface area contributed by atoms with E-state index in [0.29, 0.717) is 16.9 Å². The molecule has 2 N–H and O–H groups in total. The maximum atomic E-state index is 13.4. The zero-order chi connectivity index (χ0) is 25.9. The summed E-state index contributed by atoms with van der Waals surface area (Å²) in [4.78, 5) is 38.5. The highest BCUT2D eigenvalue weighted by molar-refractivity contribution is 8.00. The lowest BCUT2D eigenvalue weighted by atomic mass is 10.1. The van der Waals surface area contributed by atoms with Crippen molar-refractivity contribution in [1.82, 2.24) is 15.0 Å². The van der Waals surface area contributed by atoms with Crippen molar-refractivity contribution in [2.45, 2.75) is 5.37 Å². The smallest absolute Gasteiger partial charge is 0.275 e. The molecule has 0 radical (unpaired) electrons. The molecular formula is C24H17F2N7O3S. The first-order valence-electron chi connectivity index (χ1n) is 10.9. The predicted molar refractivity (Wildman–Crippen MR) is 135 cm³/mol. The topological polar surface area (TPSA) is 126 Å². The van der Waals surface area contributed by atoms with Gasteiger partial charge in [0.15, 0.2) is 0 Å². The first-order valence-corrected chi connectivity index (χ1v) is 11.9. The lowest BCUT2D eigenvalue weighted by Crippen LogP contribution is -2.30. The second-order valence-electron chi connectivity index (χ2n) is 7.79. The largest absolute Gasteiger partial charge is 0.324 e. The first-order chi connectivity index (χ1) is 17.9. The number of hydrogen-bond donors (Lipinski definition) is 2. The van der Waals surface area contributed by atoms with Gasteiger partial charge in [0.25, 0.3) is 5.69 Å². The molecule has 0 bridgehead atoms. The van der Waals surface area contributed by atoms with Crippen molar-refractivity contribution in [3.05, 3.63) is 100 Å². The minimum Gasteiger partial charge on any atom is -0.324 e. The molecule has 1 saturated heterocycles. The van der Waals surface area contributed by atoms with Crippen LogP contribution in [-0.2, 0) is 4.79 Å². The zero-order valence-corrected chi connectivity index (χ0v) is 19.7. The van der Waals surface area contributed by atoms with E-state index in [1.165, 1.54) is 71.3 Å². The van der Waals surface area contributed by atoms with Crippen molar-refractivity contribution in [3.8, 4) is 0 Å². The third-order valence-electron chi connectivity index (χ3n) is 5.31. The summed E-state index contributed by atoms with van der Waals surface area (Å²) in [6, 6.07) is 17.1. The Labute approximate surface area is 212 Å². The van der Waals surface area contributed by atoms with Crippen LogP contribution in [0.4, 0.5) is 43.7 Å². The van der Waals surface area contributed by atoms with E-state index >= 15 is 0 Å². The standard InChI is InChI=1S/C24H17F2N7O3S/c25-14-5-9-16(10-6-14)27-22-29-23(28-17-11-7-15(26)8-12-17)31-24(30-22)32-20(34)13-37-21(32)18-3-1-2-4-19(18)33(35)36/h1-12,21H,13H2,(H2,27,28,29,30,31).